The lowest BCUT2D eigenvalue weighted by Crippen LogP contribution is -2.52. The van der Waals surface area contributed by atoms with Gasteiger partial charge in [0.25, 0.3) is 0 Å². The van der Waals surface area contributed by atoms with Crippen LogP contribution in [-0.2, 0) is 30.2 Å². The number of carboxylic acids is 1. The number of rotatable bonds is 11. The molecule has 0 fully saturated rings. The first-order chi connectivity index (χ1) is 15.9. The van der Waals surface area contributed by atoms with Gasteiger partial charge in [-0.25, -0.2) is 14.4 Å². The summed E-state index contributed by atoms with van der Waals surface area (Å²) in [5, 5.41) is 9.75. The van der Waals surface area contributed by atoms with Crippen molar-refractivity contribution >= 4 is 24.4 Å². The minimum Gasteiger partial charge on any atom is -0.480 e. The lowest BCUT2D eigenvalue weighted by atomic mass is 9.86. The fraction of sp³-hybridized carbons (Fsp3) is 0.545. The summed E-state index contributed by atoms with van der Waals surface area (Å²) in [6.45, 7) is 5.62. The van der Waals surface area contributed by atoms with Gasteiger partial charge in [-0.05, 0) is 37.0 Å². The fourth-order valence-electron chi connectivity index (χ4n) is 2.82. The van der Waals surface area contributed by atoms with Gasteiger partial charge in [-0.2, -0.15) is 0 Å². The molecule has 3 N–H and O–H groups in total. The molecule has 0 heterocycles. The molecule has 0 spiro atoms. The molecule has 1 aromatic carbocycles. The molecule has 0 saturated carbocycles. The van der Waals surface area contributed by atoms with Gasteiger partial charge in [-0.15, -0.1) is 0 Å². The normalized spacial score (nSPS) is 13.3. The molecule has 1 aromatic rings. The van der Waals surface area contributed by atoms with Crippen LogP contribution in [0.2, 0.25) is 0 Å². The van der Waals surface area contributed by atoms with Gasteiger partial charge in [0.05, 0.1) is 20.8 Å². The van der Waals surface area contributed by atoms with Crippen molar-refractivity contribution in [3.05, 3.63) is 23.8 Å². The largest absolute Gasteiger partial charge is 0.513 e. The Morgan fingerprint density at radius 2 is 1.56 bits per heavy atom. The molecule has 0 aliphatic carbocycles. The van der Waals surface area contributed by atoms with Crippen LogP contribution in [0.4, 0.5) is 14.4 Å². The Morgan fingerprint density at radius 3 is 2.09 bits per heavy atom. The molecule has 0 aromatic heterocycles. The number of hydrogen-bond donors (Lipinski definition) is 2. The monoisotopic (exact) mass is 485 g/mol. The highest BCUT2D eigenvalue weighted by Gasteiger charge is 2.37. The number of aliphatic carboxylic acids is 1. The van der Waals surface area contributed by atoms with Crippen molar-refractivity contribution in [2.24, 2.45) is 11.7 Å². The van der Waals surface area contributed by atoms with E-state index in [0.29, 0.717) is 17.9 Å². The van der Waals surface area contributed by atoms with Gasteiger partial charge in [0.15, 0.2) is 11.5 Å². The van der Waals surface area contributed by atoms with Gasteiger partial charge in [0.2, 0.25) is 0 Å². The molecule has 0 bridgehead atoms. The number of carbonyl (C=O) groups excluding carboxylic acids is 3. The molecular weight excluding hydrogens is 454 g/mol. The van der Waals surface area contributed by atoms with Crippen molar-refractivity contribution in [3.8, 4) is 11.5 Å². The average molecular weight is 485 g/mol. The van der Waals surface area contributed by atoms with Crippen LogP contribution in [0.3, 0.4) is 0 Å². The molecule has 0 saturated heterocycles. The zero-order valence-corrected chi connectivity index (χ0v) is 19.8. The minimum atomic E-state index is -1.86. The fourth-order valence-corrected chi connectivity index (χ4v) is 2.82. The van der Waals surface area contributed by atoms with Gasteiger partial charge >= 0.3 is 24.4 Å². The van der Waals surface area contributed by atoms with Crippen LogP contribution >= 0.6 is 0 Å². The van der Waals surface area contributed by atoms with Crippen molar-refractivity contribution in [3.63, 3.8) is 0 Å². The van der Waals surface area contributed by atoms with Crippen molar-refractivity contribution in [2.75, 3.05) is 20.8 Å². The number of carbonyl (C=O) groups is 4. The van der Waals surface area contributed by atoms with E-state index in [9.17, 15) is 24.3 Å². The summed E-state index contributed by atoms with van der Waals surface area (Å²) >= 11 is 0. The van der Waals surface area contributed by atoms with E-state index in [1.54, 1.807) is 0 Å². The van der Waals surface area contributed by atoms with Gasteiger partial charge < -0.3 is 39.3 Å². The molecule has 0 aliphatic rings. The molecule has 0 radical (unpaired) electrons. The summed E-state index contributed by atoms with van der Waals surface area (Å²) in [6.07, 6.45) is -3.77. The first-order valence-corrected chi connectivity index (χ1v) is 10.4. The minimum absolute atomic E-state index is 0.167. The maximum atomic E-state index is 12.0. The summed E-state index contributed by atoms with van der Waals surface area (Å²) in [5.74, 6) is -1.40. The summed E-state index contributed by atoms with van der Waals surface area (Å²) in [5.41, 5.74) is 4.61. The first-order valence-electron chi connectivity index (χ1n) is 10.4. The number of methoxy groups -OCH3 is 2. The zero-order chi connectivity index (χ0) is 25.9. The number of nitrogens with two attached hydrogens (primary N) is 1. The van der Waals surface area contributed by atoms with E-state index in [0.717, 1.165) is 14.2 Å². The molecule has 1 unspecified atom stereocenters. The van der Waals surface area contributed by atoms with Crippen LogP contribution in [0.25, 0.3) is 0 Å². The van der Waals surface area contributed by atoms with E-state index >= 15 is 0 Å². The summed E-state index contributed by atoms with van der Waals surface area (Å²) in [6, 6.07) is 3.98. The third kappa shape index (κ3) is 9.53. The van der Waals surface area contributed by atoms with E-state index < -0.39 is 36.1 Å². The lowest BCUT2D eigenvalue weighted by Gasteiger charge is -2.28. The Hall–Kier alpha value is -3.54. The standard InChI is InChI=1S/C22H31NO11/c1-13(2)8-9-31-21(28)32-14(3)11-22(23,18(24)25)12-15-6-7-16(33-19(26)29-4)17(10-15)34-20(27)30-5/h6-7,10,13-14H,8-9,11-12,23H2,1-5H3,(H,24,25)/t14-,22?/m0/s1. The van der Waals surface area contributed by atoms with Crippen LogP contribution in [0.15, 0.2) is 18.2 Å². The third-order valence-electron chi connectivity index (χ3n) is 4.54. The quantitative estimate of drug-likeness (QED) is 0.267. The second-order valence-corrected chi connectivity index (χ2v) is 7.95. The lowest BCUT2D eigenvalue weighted by molar-refractivity contribution is -0.144. The highest BCUT2D eigenvalue weighted by atomic mass is 16.7. The first kappa shape index (κ1) is 28.5. The van der Waals surface area contributed by atoms with E-state index in [1.807, 2.05) is 13.8 Å². The molecule has 190 valence electrons. The average Bonchev–Trinajstić information content (AvgIpc) is 2.74. The van der Waals surface area contributed by atoms with Crippen molar-refractivity contribution in [1.82, 2.24) is 0 Å². The predicted octanol–water partition coefficient (Wildman–Crippen LogP) is 3.28. The molecule has 0 amide bonds. The Kier molecular flexibility index (Phi) is 11.1. The highest BCUT2D eigenvalue weighted by molar-refractivity contribution is 5.79. The molecule has 2 atom stereocenters. The molecule has 12 nitrogen and oxygen atoms in total. The number of ether oxygens (including phenoxy) is 6. The SMILES string of the molecule is COC(=O)Oc1ccc(CC(N)(C[C@H](C)OC(=O)OCCC(C)C)C(=O)O)cc1OC(=O)OC. The molecule has 12 heteroatoms. The third-order valence-corrected chi connectivity index (χ3v) is 4.54. The number of benzene rings is 1. The topological polar surface area (TPSA) is 170 Å². The van der Waals surface area contributed by atoms with Crippen LogP contribution in [-0.4, -0.2) is 62.0 Å². The maximum Gasteiger partial charge on any atom is 0.513 e. The summed E-state index contributed by atoms with van der Waals surface area (Å²) < 4.78 is 28.8. The summed E-state index contributed by atoms with van der Waals surface area (Å²) in [7, 11) is 2.17. The highest BCUT2D eigenvalue weighted by Crippen LogP contribution is 2.31. The Labute approximate surface area is 197 Å². The van der Waals surface area contributed by atoms with Crippen LogP contribution in [0.5, 0.6) is 11.5 Å². The molecule has 1 rings (SSSR count). The van der Waals surface area contributed by atoms with Gasteiger partial charge in [0, 0.05) is 12.8 Å². The van der Waals surface area contributed by atoms with Crippen LogP contribution < -0.4 is 15.2 Å². The molecule has 0 aliphatic heterocycles. The molecule has 34 heavy (non-hydrogen) atoms. The Morgan fingerprint density at radius 1 is 0.971 bits per heavy atom. The van der Waals surface area contributed by atoms with Crippen molar-refractivity contribution in [1.29, 1.82) is 0 Å². The smallest absolute Gasteiger partial charge is 0.480 e. The van der Waals surface area contributed by atoms with Gasteiger partial charge in [0.1, 0.15) is 11.6 Å². The van der Waals surface area contributed by atoms with E-state index in [4.69, 9.17) is 24.7 Å². The van der Waals surface area contributed by atoms with E-state index in [1.165, 1.54) is 25.1 Å². The Bertz CT molecular complexity index is 870. The van der Waals surface area contributed by atoms with Crippen molar-refractivity contribution in [2.45, 2.75) is 51.7 Å². The second-order valence-electron chi connectivity index (χ2n) is 7.95. The summed E-state index contributed by atoms with van der Waals surface area (Å²) in [4.78, 5) is 46.8. The Balaban J connectivity index is 3.00. The predicted molar refractivity (Wildman–Crippen MR) is 117 cm³/mol. The van der Waals surface area contributed by atoms with E-state index in [2.05, 4.69) is 9.47 Å². The van der Waals surface area contributed by atoms with Gasteiger partial charge in [-0.1, -0.05) is 19.9 Å². The maximum absolute atomic E-state index is 12.0. The van der Waals surface area contributed by atoms with Crippen LogP contribution in [0.1, 0.15) is 39.2 Å². The van der Waals surface area contributed by atoms with E-state index in [-0.39, 0.29) is 30.9 Å². The van der Waals surface area contributed by atoms with Gasteiger partial charge in [-0.3, -0.25) is 4.79 Å². The zero-order valence-electron chi connectivity index (χ0n) is 19.8. The number of carboxylic acid groups (broad SMARTS) is 1. The number of hydrogen-bond acceptors (Lipinski definition) is 11. The van der Waals surface area contributed by atoms with Crippen molar-refractivity contribution < 1.29 is 52.7 Å². The van der Waals surface area contributed by atoms with Crippen LogP contribution in [0, 0.1) is 5.92 Å². The molecular formula is C22H31NO11. The second kappa shape index (κ2) is 13.2.